The van der Waals surface area contributed by atoms with Crippen LogP contribution >= 0.6 is 0 Å². The third kappa shape index (κ3) is 4.42. The number of hydrogen-bond donors (Lipinski definition) is 4. The number of aromatic hydroxyl groups is 1. The third-order valence-corrected chi connectivity index (χ3v) is 5.89. The van der Waals surface area contributed by atoms with E-state index in [9.17, 15) is 9.90 Å². The van der Waals surface area contributed by atoms with Gasteiger partial charge in [0.15, 0.2) is 0 Å². The Morgan fingerprint density at radius 3 is 2.58 bits per heavy atom. The minimum Gasteiger partial charge on any atom is -0.494 e. The summed E-state index contributed by atoms with van der Waals surface area (Å²) >= 11 is 0. The van der Waals surface area contributed by atoms with Gasteiger partial charge in [-0.3, -0.25) is 4.79 Å². The molecule has 2 atom stereocenters. The zero-order chi connectivity index (χ0) is 22.0. The quantitative estimate of drug-likeness (QED) is 0.481. The number of anilines is 3. The Labute approximate surface area is 182 Å². The standard InChI is InChI=1S/C23H30N6O2/c1-4-24-19(30)12-16-8-10-17(11-9-16)26-21-20-18(13-25-22(20)31)27-23(28-21)29-14(2)6-5-7-15(29)3/h8-11,13-15,25,31H,4-7,12H2,1-3H3,(H,24,30)(H,26,27,28). The second kappa shape index (κ2) is 8.83. The molecule has 1 fully saturated rings. The normalized spacial score (nSPS) is 18.9. The van der Waals surface area contributed by atoms with Crippen molar-refractivity contribution in [2.45, 2.75) is 58.5 Å². The lowest BCUT2D eigenvalue weighted by Crippen LogP contribution is -2.44. The average molecular weight is 423 g/mol. The van der Waals surface area contributed by atoms with Crippen LogP contribution in [0.3, 0.4) is 0 Å². The highest BCUT2D eigenvalue weighted by atomic mass is 16.3. The summed E-state index contributed by atoms with van der Waals surface area (Å²) in [6.07, 6.45) is 5.48. The molecule has 0 spiro atoms. The summed E-state index contributed by atoms with van der Waals surface area (Å²) in [5.74, 6) is 1.27. The maximum absolute atomic E-state index is 11.8. The molecule has 4 N–H and O–H groups in total. The van der Waals surface area contributed by atoms with Crippen molar-refractivity contribution in [2.24, 2.45) is 0 Å². The number of H-pyrrole nitrogens is 1. The van der Waals surface area contributed by atoms with Crippen molar-refractivity contribution in [3.05, 3.63) is 36.0 Å². The molecule has 4 rings (SSSR count). The molecule has 3 heterocycles. The number of nitrogens with zero attached hydrogens (tertiary/aromatic N) is 3. The topological polar surface area (TPSA) is 106 Å². The highest BCUT2D eigenvalue weighted by molar-refractivity contribution is 5.96. The number of aromatic nitrogens is 3. The smallest absolute Gasteiger partial charge is 0.228 e. The number of hydrogen-bond acceptors (Lipinski definition) is 6. The van der Waals surface area contributed by atoms with Crippen molar-refractivity contribution in [3.8, 4) is 5.88 Å². The summed E-state index contributed by atoms with van der Waals surface area (Å²) < 4.78 is 0. The van der Waals surface area contributed by atoms with E-state index >= 15 is 0 Å². The number of nitrogens with one attached hydrogen (secondary N) is 3. The van der Waals surface area contributed by atoms with Crippen LogP contribution in [-0.2, 0) is 11.2 Å². The van der Waals surface area contributed by atoms with E-state index in [1.165, 1.54) is 6.42 Å². The van der Waals surface area contributed by atoms with Crippen LogP contribution in [0.4, 0.5) is 17.5 Å². The van der Waals surface area contributed by atoms with Gasteiger partial charge in [-0.05, 0) is 57.7 Å². The molecule has 31 heavy (non-hydrogen) atoms. The predicted octanol–water partition coefficient (Wildman–Crippen LogP) is 3.85. The molecule has 0 aliphatic carbocycles. The molecule has 1 aliphatic rings. The van der Waals surface area contributed by atoms with Crippen LogP contribution in [0.2, 0.25) is 0 Å². The molecule has 1 saturated heterocycles. The van der Waals surface area contributed by atoms with Crippen LogP contribution in [0.25, 0.3) is 10.9 Å². The Hall–Kier alpha value is -3.29. The van der Waals surface area contributed by atoms with Crippen LogP contribution < -0.4 is 15.5 Å². The molecule has 0 saturated carbocycles. The minimum absolute atomic E-state index is 0.00683. The van der Waals surface area contributed by atoms with Crippen molar-refractivity contribution in [1.82, 2.24) is 20.3 Å². The molecule has 164 valence electrons. The molecule has 0 radical (unpaired) electrons. The molecule has 2 unspecified atom stereocenters. The Morgan fingerprint density at radius 1 is 1.19 bits per heavy atom. The first-order valence-corrected chi connectivity index (χ1v) is 10.9. The summed E-state index contributed by atoms with van der Waals surface area (Å²) in [6.45, 7) is 6.94. The average Bonchev–Trinajstić information content (AvgIpc) is 3.11. The Bertz CT molecular complexity index is 1050. The summed E-state index contributed by atoms with van der Waals surface area (Å²) in [6, 6.07) is 8.38. The number of likely N-dealkylation sites (N-methyl/N-ethyl adjacent to an activating group) is 1. The van der Waals surface area contributed by atoms with Crippen molar-refractivity contribution in [1.29, 1.82) is 0 Å². The first-order valence-electron chi connectivity index (χ1n) is 10.9. The number of carbonyl (C=O) groups is 1. The van der Waals surface area contributed by atoms with Gasteiger partial charge in [-0.25, -0.2) is 4.98 Å². The number of piperidine rings is 1. The fourth-order valence-electron chi connectivity index (χ4n) is 4.32. The van der Waals surface area contributed by atoms with E-state index in [1.807, 2.05) is 31.2 Å². The molecular formula is C23H30N6O2. The first-order chi connectivity index (χ1) is 15.0. The monoisotopic (exact) mass is 422 g/mol. The molecule has 1 amide bonds. The molecular weight excluding hydrogens is 392 g/mol. The number of rotatable bonds is 6. The van der Waals surface area contributed by atoms with Gasteiger partial charge in [-0.15, -0.1) is 0 Å². The summed E-state index contributed by atoms with van der Waals surface area (Å²) in [7, 11) is 0. The molecule has 1 aliphatic heterocycles. The number of fused-ring (bicyclic) bond motifs is 1. The van der Waals surface area contributed by atoms with Crippen LogP contribution in [-0.4, -0.2) is 44.6 Å². The number of aromatic amines is 1. The van der Waals surface area contributed by atoms with Crippen LogP contribution in [0.15, 0.2) is 30.5 Å². The van der Waals surface area contributed by atoms with Crippen molar-refractivity contribution < 1.29 is 9.90 Å². The zero-order valence-electron chi connectivity index (χ0n) is 18.3. The lowest BCUT2D eigenvalue weighted by molar-refractivity contribution is -0.120. The summed E-state index contributed by atoms with van der Waals surface area (Å²) in [5.41, 5.74) is 2.43. The summed E-state index contributed by atoms with van der Waals surface area (Å²) in [4.78, 5) is 26.5. The van der Waals surface area contributed by atoms with Gasteiger partial charge in [0, 0.05) is 30.5 Å². The predicted molar refractivity (Wildman–Crippen MR) is 123 cm³/mol. The maximum atomic E-state index is 11.8. The van der Waals surface area contributed by atoms with E-state index in [1.54, 1.807) is 6.20 Å². The lowest BCUT2D eigenvalue weighted by atomic mass is 9.98. The largest absolute Gasteiger partial charge is 0.494 e. The summed E-state index contributed by atoms with van der Waals surface area (Å²) in [5, 5.41) is 17.0. The van der Waals surface area contributed by atoms with Gasteiger partial charge < -0.3 is 25.6 Å². The third-order valence-electron chi connectivity index (χ3n) is 5.89. The second-order valence-corrected chi connectivity index (χ2v) is 8.26. The van der Waals surface area contributed by atoms with Gasteiger partial charge in [-0.1, -0.05) is 12.1 Å². The Kier molecular flexibility index (Phi) is 5.97. The van der Waals surface area contributed by atoms with E-state index in [-0.39, 0.29) is 11.8 Å². The SMILES string of the molecule is CCNC(=O)Cc1ccc(Nc2nc(N3C(C)CCCC3C)nc3c[nH]c(O)c23)cc1. The molecule has 8 nitrogen and oxygen atoms in total. The van der Waals surface area contributed by atoms with E-state index < -0.39 is 0 Å². The van der Waals surface area contributed by atoms with Gasteiger partial charge in [-0.2, -0.15) is 4.98 Å². The van der Waals surface area contributed by atoms with Crippen molar-refractivity contribution >= 4 is 34.3 Å². The number of amides is 1. The van der Waals surface area contributed by atoms with E-state index in [0.29, 0.717) is 47.7 Å². The van der Waals surface area contributed by atoms with E-state index in [2.05, 4.69) is 34.4 Å². The fourth-order valence-corrected chi connectivity index (χ4v) is 4.32. The Morgan fingerprint density at radius 2 is 1.90 bits per heavy atom. The van der Waals surface area contributed by atoms with Gasteiger partial charge in [0.2, 0.25) is 17.7 Å². The fraction of sp³-hybridized carbons (Fsp3) is 0.435. The van der Waals surface area contributed by atoms with Gasteiger partial charge in [0.25, 0.3) is 0 Å². The van der Waals surface area contributed by atoms with E-state index in [0.717, 1.165) is 24.1 Å². The molecule has 8 heteroatoms. The molecule has 0 bridgehead atoms. The van der Waals surface area contributed by atoms with Crippen LogP contribution in [0.5, 0.6) is 5.88 Å². The highest BCUT2D eigenvalue weighted by Gasteiger charge is 2.28. The second-order valence-electron chi connectivity index (χ2n) is 8.26. The van der Waals surface area contributed by atoms with Gasteiger partial charge in [0.05, 0.1) is 11.9 Å². The number of carbonyl (C=O) groups excluding carboxylic acids is 1. The van der Waals surface area contributed by atoms with Crippen molar-refractivity contribution in [3.63, 3.8) is 0 Å². The maximum Gasteiger partial charge on any atom is 0.228 e. The van der Waals surface area contributed by atoms with E-state index in [4.69, 9.17) is 9.97 Å². The first kappa shape index (κ1) is 21.0. The Balaban J connectivity index is 1.63. The zero-order valence-corrected chi connectivity index (χ0v) is 18.3. The van der Waals surface area contributed by atoms with Crippen LogP contribution in [0, 0.1) is 0 Å². The van der Waals surface area contributed by atoms with Gasteiger partial charge in [0.1, 0.15) is 11.2 Å². The highest BCUT2D eigenvalue weighted by Crippen LogP contribution is 2.35. The minimum atomic E-state index is 0.00683. The van der Waals surface area contributed by atoms with Gasteiger partial charge >= 0.3 is 0 Å². The molecule has 3 aromatic rings. The lowest BCUT2D eigenvalue weighted by Gasteiger charge is -2.39. The van der Waals surface area contributed by atoms with Crippen LogP contribution in [0.1, 0.15) is 45.6 Å². The molecule has 2 aromatic heterocycles. The van der Waals surface area contributed by atoms with Crippen molar-refractivity contribution in [2.75, 3.05) is 16.8 Å². The number of benzene rings is 1. The molecule has 1 aromatic carbocycles.